The average molecular weight is 262 g/mol. The first-order chi connectivity index (χ1) is 9.00. The Hall–Kier alpha value is -1.88. The van der Waals surface area contributed by atoms with Crippen LogP contribution in [-0.4, -0.2) is 36.1 Å². The molecule has 102 valence electrons. The fourth-order valence-corrected chi connectivity index (χ4v) is 2.26. The number of nitrogens with zero attached hydrogens (tertiary/aromatic N) is 1. The van der Waals surface area contributed by atoms with Gasteiger partial charge in [-0.3, -0.25) is 9.59 Å². The third kappa shape index (κ3) is 2.76. The smallest absolute Gasteiger partial charge is 0.309 e. The number of aryl methyl sites for hydroxylation is 1. The number of amides is 1. The summed E-state index contributed by atoms with van der Waals surface area (Å²) in [5.74, 6) is -1.56. The number of carboxylic acids is 1. The summed E-state index contributed by atoms with van der Waals surface area (Å²) >= 11 is 0. The van der Waals surface area contributed by atoms with E-state index in [0.29, 0.717) is 6.54 Å². The molecule has 0 spiro atoms. The van der Waals surface area contributed by atoms with Crippen LogP contribution in [0, 0.1) is 12.8 Å². The Bertz CT molecular complexity index is 501. The van der Waals surface area contributed by atoms with Crippen LogP contribution < -0.4 is 10.2 Å². The minimum absolute atomic E-state index is 0.0851. The summed E-state index contributed by atoms with van der Waals surface area (Å²) in [5, 5.41) is 12.2. The average Bonchev–Trinajstić information content (AvgIpc) is 2.52. The maximum Gasteiger partial charge on any atom is 0.309 e. The van der Waals surface area contributed by atoms with Gasteiger partial charge >= 0.3 is 5.97 Å². The van der Waals surface area contributed by atoms with Gasteiger partial charge in [0.25, 0.3) is 0 Å². The molecule has 1 heterocycles. The number of hydrogen-bond acceptors (Lipinski definition) is 3. The number of hydrogen-bond donors (Lipinski definition) is 2. The highest BCUT2D eigenvalue weighted by molar-refractivity contribution is 5.98. The van der Waals surface area contributed by atoms with Gasteiger partial charge in [-0.05, 0) is 25.5 Å². The summed E-state index contributed by atoms with van der Waals surface area (Å²) in [4.78, 5) is 25.1. The third-order valence-electron chi connectivity index (χ3n) is 3.47. The van der Waals surface area contributed by atoms with Gasteiger partial charge in [0.1, 0.15) is 0 Å². The van der Waals surface area contributed by atoms with Gasteiger partial charge in [0, 0.05) is 18.8 Å². The lowest BCUT2D eigenvalue weighted by molar-refractivity contribution is -0.141. The maximum atomic E-state index is 12.3. The summed E-state index contributed by atoms with van der Waals surface area (Å²) in [6, 6.07) is 7.15. The van der Waals surface area contributed by atoms with Crippen molar-refractivity contribution >= 4 is 17.6 Å². The van der Waals surface area contributed by atoms with Gasteiger partial charge in [-0.25, -0.2) is 0 Å². The molecule has 2 N–H and O–H groups in total. The second-order valence-corrected chi connectivity index (χ2v) is 4.90. The van der Waals surface area contributed by atoms with Crippen molar-refractivity contribution in [2.24, 2.45) is 5.92 Å². The van der Waals surface area contributed by atoms with Crippen molar-refractivity contribution in [2.45, 2.75) is 19.9 Å². The van der Waals surface area contributed by atoms with Crippen molar-refractivity contribution < 1.29 is 14.7 Å². The van der Waals surface area contributed by atoms with E-state index < -0.39 is 11.9 Å². The van der Waals surface area contributed by atoms with Crippen LogP contribution in [0.2, 0.25) is 0 Å². The Kier molecular flexibility index (Phi) is 3.85. The largest absolute Gasteiger partial charge is 0.481 e. The van der Waals surface area contributed by atoms with Gasteiger partial charge in [-0.1, -0.05) is 18.2 Å². The Morgan fingerprint density at radius 3 is 2.74 bits per heavy atom. The van der Waals surface area contributed by atoms with E-state index in [1.807, 2.05) is 31.2 Å². The highest BCUT2D eigenvalue weighted by atomic mass is 16.4. The van der Waals surface area contributed by atoms with E-state index >= 15 is 0 Å². The predicted octanol–water partition coefficient (Wildman–Crippen LogP) is 1.02. The number of carbonyl (C=O) groups excluding carboxylic acids is 1. The minimum Gasteiger partial charge on any atom is -0.481 e. The molecule has 1 aromatic rings. The summed E-state index contributed by atoms with van der Waals surface area (Å²) in [7, 11) is 0. The van der Waals surface area contributed by atoms with E-state index in [2.05, 4.69) is 5.32 Å². The van der Waals surface area contributed by atoms with E-state index in [4.69, 9.17) is 0 Å². The number of benzene rings is 1. The van der Waals surface area contributed by atoms with Gasteiger partial charge in [-0.2, -0.15) is 0 Å². The summed E-state index contributed by atoms with van der Waals surface area (Å²) in [5.41, 5.74) is 1.75. The Morgan fingerprint density at radius 2 is 2.11 bits per heavy atom. The molecule has 2 rings (SSSR count). The van der Waals surface area contributed by atoms with Crippen molar-refractivity contribution in [1.29, 1.82) is 0 Å². The summed E-state index contributed by atoms with van der Waals surface area (Å²) in [6.07, 6.45) is 0. The molecule has 2 unspecified atom stereocenters. The minimum atomic E-state index is -0.881. The SMILES string of the molecule is Cc1ccccc1N1CC(C(=O)O)CNC(C)C1=O. The molecule has 1 fully saturated rings. The predicted molar refractivity (Wildman–Crippen MR) is 72.1 cm³/mol. The topological polar surface area (TPSA) is 69.6 Å². The Morgan fingerprint density at radius 1 is 1.42 bits per heavy atom. The van der Waals surface area contributed by atoms with E-state index in [1.165, 1.54) is 0 Å². The van der Waals surface area contributed by atoms with Crippen molar-refractivity contribution in [3.63, 3.8) is 0 Å². The van der Waals surface area contributed by atoms with Gasteiger partial charge < -0.3 is 15.3 Å². The summed E-state index contributed by atoms with van der Waals surface area (Å²) in [6.45, 7) is 4.19. The number of aliphatic carboxylic acids is 1. The zero-order chi connectivity index (χ0) is 14.0. The van der Waals surface area contributed by atoms with Gasteiger partial charge in [0.15, 0.2) is 0 Å². The lowest BCUT2D eigenvalue weighted by Gasteiger charge is -2.25. The normalized spacial score (nSPS) is 24.1. The maximum absolute atomic E-state index is 12.3. The van der Waals surface area contributed by atoms with Crippen LogP contribution >= 0.6 is 0 Å². The quantitative estimate of drug-likeness (QED) is 0.835. The van der Waals surface area contributed by atoms with E-state index in [9.17, 15) is 14.7 Å². The van der Waals surface area contributed by atoms with Gasteiger partial charge in [0.05, 0.1) is 12.0 Å². The number of anilines is 1. The number of carboxylic acid groups (broad SMARTS) is 1. The molecule has 1 amide bonds. The summed E-state index contributed by atoms with van der Waals surface area (Å²) < 4.78 is 0. The Labute approximate surface area is 112 Å². The molecule has 0 radical (unpaired) electrons. The fourth-order valence-electron chi connectivity index (χ4n) is 2.26. The zero-order valence-electron chi connectivity index (χ0n) is 11.1. The van der Waals surface area contributed by atoms with Crippen LogP contribution in [0.15, 0.2) is 24.3 Å². The lowest BCUT2D eigenvalue weighted by atomic mass is 10.1. The molecule has 1 aliphatic rings. The molecule has 0 aliphatic carbocycles. The van der Waals surface area contributed by atoms with Crippen molar-refractivity contribution in [2.75, 3.05) is 18.0 Å². The molecule has 19 heavy (non-hydrogen) atoms. The highest BCUT2D eigenvalue weighted by Gasteiger charge is 2.32. The molecule has 0 aromatic heterocycles. The molecular weight excluding hydrogens is 244 g/mol. The third-order valence-corrected chi connectivity index (χ3v) is 3.47. The number of para-hydroxylation sites is 1. The van der Waals surface area contributed by atoms with Crippen LogP contribution in [0.5, 0.6) is 0 Å². The number of nitrogens with one attached hydrogen (secondary N) is 1. The number of carbonyl (C=O) groups is 2. The van der Waals surface area contributed by atoms with Crippen LogP contribution in [0.25, 0.3) is 0 Å². The standard InChI is InChI=1S/C14H18N2O3/c1-9-5-3-4-6-12(9)16-8-11(14(18)19)7-15-10(2)13(16)17/h3-6,10-11,15H,7-8H2,1-2H3,(H,18,19). The second kappa shape index (κ2) is 5.40. The molecule has 5 nitrogen and oxygen atoms in total. The first-order valence-corrected chi connectivity index (χ1v) is 6.34. The van der Waals surface area contributed by atoms with Crippen LogP contribution in [0.3, 0.4) is 0 Å². The first-order valence-electron chi connectivity index (χ1n) is 6.34. The Balaban J connectivity index is 2.37. The molecule has 0 saturated carbocycles. The monoisotopic (exact) mass is 262 g/mol. The molecule has 1 aliphatic heterocycles. The van der Waals surface area contributed by atoms with Crippen molar-refractivity contribution in [3.8, 4) is 0 Å². The van der Waals surface area contributed by atoms with E-state index in [0.717, 1.165) is 11.3 Å². The highest BCUT2D eigenvalue weighted by Crippen LogP contribution is 2.23. The lowest BCUT2D eigenvalue weighted by Crippen LogP contribution is -2.42. The van der Waals surface area contributed by atoms with Gasteiger partial charge in [0.2, 0.25) is 5.91 Å². The molecule has 1 aromatic carbocycles. The van der Waals surface area contributed by atoms with E-state index in [-0.39, 0.29) is 18.5 Å². The van der Waals surface area contributed by atoms with Crippen molar-refractivity contribution in [1.82, 2.24) is 5.32 Å². The number of rotatable bonds is 2. The molecule has 1 saturated heterocycles. The van der Waals surface area contributed by atoms with Crippen molar-refractivity contribution in [3.05, 3.63) is 29.8 Å². The fraction of sp³-hybridized carbons (Fsp3) is 0.429. The first kappa shape index (κ1) is 13.5. The molecule has 2 atom stereocenters. The van der Waals surface area contributed by atoms with Crippen LogP contribution in [0.4, 0.5) is 5.69 Å². The van der Waals surface area contributed by atoms with Gasteiger partial charge in [-0.15, -0.1) is 0 Å². The molecular formula is C14H18N2O3. The van der Waals surface area contributed by atoms with Crippen LogP contribution in [-0.2, 0) is 9.59 Å². The van der Waals surface area contributed by atoms with Crippen LogP contribution in [0.1, 0.15) is 12.5 Å². The molecule has 5 heteroatoms. The zero-order valence-corrected chi connectivity index (χ0v) is 11.1. The second-order valence-electron chi connectivity index (χ2n) is 4.90. The molecule has 0 bridgehead atoms. The van der Waals surface area contributed by atoms with E-state index in [1.54, 1.807) is 11.8 Å².